The number of thiophene rings is 1. The maximum Gasteiger partial charge on any atom is 0.240 e. The van der Waals surface area contributed by atoms with Gasteiger partial charge >= 0.3 is 0 Å². The molecule has 0 saturated carbocycles. The molecule has 0 unspecified atom stereocenters. The summed E-state index contributed by atoms with van der Waals surface area (Å²) in [6, 6.07) is 6.64. The number of nitrogens with two attached hydrogens (primary N) is 1. The van der Waals surface area contributed by atoms with Crippen molar-refractivity contribution in [2.45, 2.75) is 24.9 Å². The quantitative estimate of drug-likeness (QED) is 0.851. The fourth-order valence-electron chi connectivity index (χ4n) is 1.91. The van der Waals surface area contributed by atoms with Crippen molar-refractivity contribution in [1.29, 1.82) is 0 Å². The summed E-state index contributed by atoms with van der Waals surface area (Å²) in [5, 5.41) is 1.94. The monoisotopic (exact) mass is 326 g/mol. The molecule has 0 radical (unpaired) electrons. The standard InChI is InChI=1S/C14H18N2O3S2/c1-10-5-6-20-14(10)9-16-21(17,18)12-3-4-13(19-2)11(7-12)8-15/h3-7,16H,8-9,15H2,1-2H3. The Morgan fingerprint density at radius 3 is 2.67 bits per heavy atom. The molecule has 2 rings (SSSR count). The van der Waals surface area contributed by atoms with Gasteiger partial charge in [0.2, 0.25) is 10.0 Å². The highest BCUT2D eigenvalue weighted by Gasteiger charge is 2.16. The van der Waals surface area contributed by atoms with Crippen LogP contribution in [0.3, 0.4) is 0 Å². The van der Waals surface area contributed by atoms with Gasteiger partial charge in [-0.3, -0.25) is 0 Å². The van der Waals surface area contributed by atoms with Crippen LogP contribution in [-0.2, 0) is 23.1 Å². The number of hydrogen-bond donors (Lipinski definition) is 2. The number of benzene rings is 1. The van der Waals surface area contributed by atoms with E-state index in [0.717, 1.165) is 10.4 Å². The lowest BCUT2D eigenvalue weighted by atomic mass is 10.2. The van der Waals surface area contributed by atoms with Crippen molar-refractivity contribution in [3.05, 3.63) is 45.6 Å². The predicted molar refractivity (Wildman–Crippen MR) is 84.0 cm³/mol. The van der Waals surface area contributed by atoms with Gasteiger partial charge in [-0.2, -0.15) is 0 Å². The molecule has 114 valence electrons. The second kappa shape index (κ2) is 6.57. The number of methoxy groups -OCH3 is 1. The highest BCUT2D eigenvalue weighted by Crippen LogP contribution is 2.22. The molecule has 0 atom stereocenters. The molecule has 2 aromatic rings. The second-order valence-electron chi connectivity index (χ2n) is 4.53. The molecule has 5 nitrogen and oxygen atoms in total. The van der Waals surface area contributed by atoms with E-state index in [9.17, 15) is 8.42 Å². The summed E-state index contributed by atoms with van der Waals surface area (Å²) in [5.74, 6) is 0.588. The molecule has 0 aliphatic carbocycles. The van der Waals surface area contributed by atoms with E-state index in [2.05, 4.69) is 4.72 Å². The third kappa shape index (κ3) is 3.62. The Bertz CT molecular complexity index is 724. The van der Waals surface area contributed by atoms with Gasteiger partial charge in [0.25, 0.3) is 0 Å². The summed E-state index contributed by atoms with van der Waals surface area (Å²) in [7, 11) is -2.04. The van der Waals surface area contributed by atoms with Crippen molar-refractivity contribution in [2.24, 2.45) is 5.73 Å². The molecule has 7 heteroatoms. The maximum atomic E-state index is 12.3. The molecule has 0 bridgehead atoms. The van der Waals surface area contributed by atoms with Crippen molar-refractivity contribution in [1.82, 2.24) is 4.72 Å². The Labute approximate surface area is 128 Å². The smallest absolute Gasteiger partial charge is 0.240 e. The average Bonchev–Trinajstić information content (AvgIpc) is 2.89. The Balaban J connectivity index is 2.21. The lowest BCUT2D eigenvalue weighted by Crippen LogP contribution is -2.23. The van der Waals surface area contributed by atoms with Crippen LogP contribution in [0.25, 0.3) is 0 Å². The number of hydrogen-bond acceptors (Lipinski definition) is 5. The van der Waals surface area contributed by atoms with Gasteiger partial charge < -0.3 is 10.5 Å². The van der Waals surface area contributed by atoms with E-state index in [1.807, 2.05) is 18.4 Å². The van der Waals surface area contributed by atoms with E-state index in [1.165, 1.54) is 24.5 Å². The molecule has 3 N–H and O–H groups in total. The second-order valence-corrected chi connectivity index (χ2v) is 7.30. The molecule has 0 aliphatic heterocycles. The molecule has 1 aromatic heterocycles. The first-order valence-corrected chi connectivity index (χ1v) is 8.74. The number of sulfonamides is 1. The zero-order chi connectivity index (χ0) is 15.5. The summed E-state index contributed by atoms with van der Waals surface area (Å²) in [6.45, 7) is 2.46. The molecule has 1 aromatic carbocycles. The predicted octanol–water partition coefficient (Wildman–Crippen LogP) is 2.00. The van der Waals surface area contributed by atoms with Crippen LogP contribution in [0.1, 0.15) is 16.0 Å². The summed E-state index contributed by atoms with van der Waals surface area (Å²) in [6.07, 6.45) is 0. The first-order chi connectivity index (χ1) is 9.97. The number of aryl methyl sites for hydroxylation is 1. The van der Waals surface area contributed by atoms with Crippen molar-refractivity contribution in [3.8, 4) is 5.75 Å². The van der Waals surface area contributed by atoms with Gasteiger partial charge in [0.1, 0.15) is 5.75 Å². The van der Waals surface area contributed by atoms with Crippen LogP contribution in [0.15, 0.2) is 34.5 Å². The van der Waals surface area contributed by atoms with Gasteiger partial charge in [0, 0.05) is 23.5 Å². The van der Waals surface area contributed by atoms with Crippen molar-refractivity contribution >= 4 is 21.4 Å². The Morgan fingerprint density at radius 1 is 1.33 bits per heavy atom. The third-order valence-electron chi connectivity index (χ3n) is 3.17. The average molecular weight is 326 g/mol. The highest BCUT2D eigenvalue weighted by molar-refractivity contribution is 7.89. The Kier molecular flexibility index (Phi) is 5.00. The normalized spacial score (nSPS) is 11.6. The van der Waals surface area contributed by atoms with E-state index >= 15 is 0 Å². The van der Waals surface area contributed by atoms with Gasteiger partial charge in [-0.1, -0.05) is 0 Å². The van der Waals surface area contributed by atoms with Crippen molar-refractivity contribution in [2.75, 3.05) is 7.11 Å². The first-order valence-electron chi connectivity index (χ1n) is 6.37. The first kappa shape index (κ1) is 16.0. The summed E-state index contributed by atoms with van der Waals surface area (Å²) in [5.41, 5.74) is 7.36. The van der Waals surface area contributed by atoms with Crippen molar-refractivity contribution in [3.63, 3.8) is 0 Å². The lowest BCUT2D eigenvalue weighted by molar-refractivity contribution is 0.409. The van der Waals surface area contributed by atoms with E-state index in [0.29, 0.717) is 11.3 Å². The zero-order valence-electron chi connectivity index (χ0n) is 11.9. The minimum atomic E-state index is -3.57. The SMILES string of the molecule is COc1ccc(S(=O)(=O)NCc2sccc2C)cc1CN. The Morgan fingerprint density at radius 2 is 2.10 bits per heavy atom. The molecule has 0 aliphatic rings. The van der Waals surface area contributed by atoms with Crippen LogP contribution < -0.4 is 15.2 Å². The van der Waals surface area contributed by atoms with Crippen LogP contribution in [-0.4, -0.2) is 15.5 Å². The fourth-order valence-corrected chi connectivity index (χ4v) is 3.89. The van der Waals surface area contributed by atoms with E-state index < -0.39 is 10.0 Å². The van der Waals surface area contributed by atoms with Gasteiger partial charge in [0.15, 0.2) is 0 Å². The van der Waals surface area contributed by atoms with Crippen LogP contribution in [0.4, 0.5) is 0 Å². The van der Waals surface area contributed by atoms with E-state index in [-0.39, 0.29) is 18.0 Å². The molecular formula is C14H18N2O3S2. The number of rotatable bonds is 6. The number of ether oxygens (including phenoxy) is 1. The van der Waals surface area contributed by atoms with Gasteiger partial charge in [-0.25, -0.2) is 13.1 Å². The van der Waals surface area contributed by atoms with Gasteiger partial charge in [0.05, 0.1) is 12.0 Å². The van der Waals surface area contributed by atoms with Crippen LogP contribution in [0.2, 0.25) is 0 Å². The lowest BCUT2D eigenvalue weighted by Gasteiger charge is -2.10. The molecule has 0 saturated heterocycles. The zero-order valence-corrected chi connectivity index (χ0v) is 13.6. The van der Waals surface area contributed by atoms with Crippen LogP contribution in [0, 0.1) is 6.92 Å². The van der Waals surface area contributed by atoms with E-state index in [1.54, 1.807) is 12.1 Å². The molecular weight excluding hydrogens is 308 g/mol. The number of nitrogens with one attached hydrogen (secondary N) is 1. The Hall–Kier alpha value is -1.41. The van der Waals surface area contributed by atoms with Gasteiger partial charge in [-0.15, -0.1) is 11.3 Å². The van der Waals surface area contributed by atoms with Crippen molar-refractivity contribution < 1.29 is 13.2 Å². The molecule has 0 fully saturated rings. The topological polar surface area (TPSA) is 81.4 Å². The summed E-state index contributed by atoms with van der Waals surface area (Å²) >= 11 is 1.53. The maximum absolute atomic E-state index is 12.3. The largest absolute Gasteiger partial charge is 0.496 e. The van der Waals surface area contributed by atoms with Crippen LogP contribution in [0.5, 0.6) is 5.75 Å². The minimum Gasteiger partial charge on any atom is -0.496 e. The molecule has 21 heavy (non-hydrogen) atoms. The highest BCUT2D eigenvalue weighted by atomic mass is 32.2. The van der Waals surface area contributed by atoms with E-state index in [4.69, 9.17) is 10.5 Å². The summed E-state index contributed by atoms with van der Waals surface area (Å²) < 4.78 is 32.4. The molecule has 0 amide bonds. The fraction of sp³-hybridized carbons (Fsp3) is 0.286. The van der Waals surface area contributed by atoms with Crippen LogP contribution >= 0.6 is 11.3 Å². The molecule has 1 heterocycles. The third-order valence-corrected chi connectivity index (χ3v) is 5.59. The summed E-state index contributed by atoms with van der Waals surface area (Å²) in [4.78, 5) is 1.20. The minimum absolute atomic E-state index is 0.193. The molecule has 0 spiro atoms. The van der Waals surface area contributed by atoms with Gasteiger partial charge in [-0.05, 0) is 42.1 Å².